The van der Waals surface area contributed by atoms with Gasteiger partial charge in [0.25, 0.3) is 0 Å². The van der Waals surface area contributed by atoms with Gasteiger partial charge < -0.3 is 4.74 Å². The first-order valence-electron chi connectivity index (χ1n) is 7.77. The topological polar surface area (TPSA) is 29.5 Å². The molecule has 1 aliphatic heterocycles. The third-order valence-corrected chi connectivity index (χ3v) is 4.77. The van der Waals surface area contributed by atoms with Crippen molar-refractivity contribution >= 4 is 5.78 Å². The van der Waals surface area contributed by atoms with Gasteiger partial charge in [0.05, 0.1) is 18.8 Å². The minimum Gasteiger partial charge on any atom is -0.379 e. The number of Topliss-reactive ketones (excluding diaryl/α,β-unsaturated/α-hetero) is 1. The summed E-state index contributed by atoms with van der Waals surface area (Å²) in [6, 6.07) is 4.66. The van der Waals surface area contributed by atoms with Crippen LogP contribution in [0.4, 0.5) is 4.39 Å². The first-order valence-corrected chi connectivity index (χ1v) is 7.77. The summed E-state index contributed by atoms with van der Waals surface area (Å²) in [5.74, 6) is -0.238. The number of hydrogen-bond acceptors (Lipinski definition) is 3. The molecule has 3 rings (SSSR count). The Bertz CT molecular complexity index is 511. The Hall–Kier alpha value is -1.26. The van der Waals surface area contributed by atoms with Crippen LogP contribution in [0.15, 0.2) is 18.2 Å². The number of hydrogen-bond donors (Lipinski definition) is 0. The minimum absolute atomic E-state index is 0.0875. The minimum atomic E-state index is -0.440. The second kappa shape index (κ2) is 5.85. The fourth-order valence-electron chi connectivity index (χ4n) is 3.77. The van der Waals surface area contributed by atoms with E-state index in [9.17, 15) is 9.18 Å². The molecule has 0 bridgehead atoms. The molecule has 0 aromatic heterocycles. The van der Waals surface area contributed by atoms with Crippen LogP contribution in [-0.2, 0) is 4.74 Å². The molecular formula is C17H22FNO2. The maximum absolute atomic E-state index is 13.7. The Labute approximate surface area is 125 Å². The number of rotatable bonds is 3. The molecule has 1 aliphatic carbocycles. The van der Waals surface area contributed by atoms with Crippen LogP contribution >= 0.6 is 0 Å². The fourth-order valence-corrected chi connectivity index (χ4v) is 3.77. The van der Waals surface area contributed by atoms with Crippen molar-refractivity contribution in [2.24, 2.45) is 0 Å². The van der Waals surface area contributed by atoms with Crippen LogP contribution < -0.4 is 0 Å². The standard InChI is InChI=1S/C17H22FNO2/c1-13-10-14(12-15(18)11-13)16(20)17(4-2-3-5-17)19-6-8-21-9-7-19/h10-12H,2-9H2,1H3. The zero-order valence-corrected chi connectivity index (χ0v) is 12.5. The molecule has 0 unspecified atom stereocenters. The van der Waals surface area contributed by atoms with Gasteiger partial charge in [-0.05, 0) is 43.5 Å². The normalized spacial score (nSPS) is 22.4. The summed E-state index contributed by atoms with van der Waals surface area (Å²) in [4.78, 5) is 15.4. The maximum Gasteiger partial charge on any atom is 0.183 e. The van der Waals surface area contributed by atoms with E-state index in [4.69, 9.17) is 4.74 Å². The molecule has 1 heterocycles. The van der Waals surface area contributed by atoms with Crippen molar-refractivity contribution < 1.29 is 13.9 Å². The number of aryl methyl sites for hydroxylation is 1. The summed E-state index contributed by atoms with van der Waals surface area (Å²) in [5, 5.41) is 0. The number of halogens is 1. The molecule has 3 nitrogen and oxygen atoms in total. The van der Waals surface area contributed by atoms with E-state index in [0.717, 1.165) is 44.3 Å². The summed E-state index contributed by atoms with van der Waals surface area (Å²) in [6.07, 6.45) is 3.89. The van der Waals surface area contributed by atoms with Crippen LogP contribution in [0, 0.1) is 12.7 Å². The van der Waals surface area contributed by atoms with E-state index < -0.39 is 5.54 Å². The van der Waals surface area contributed by atoms with Crippen LogP contribution in [0.2, 0.25) is 0 Å². The van der Waals surface area contributed by atoms with E-state index in [0.29, 0.717) is 18.8 Å². The lowest BCUT2D eigenvalue weighted by molar-refractivity contribution is -0.0130. The molecule has 1 saturated heterocycles. The lowest BCUT2D eigenvalue weighted by Crippen LogP contribution is -2.56. The van der Waals surface area contributed by atoms with Crippen molar-refractivity contribution in [3.8, 4) is 0 Å². The molecule has 0 spiro atoms. The van der Waals surface area contributed by atoms with E-state index in [1.165, 1.54) is 12.1 Å². The monoisotopic (exact) mass is 291 g/mol. The summed E-state index contributed by atoms with van der Waals surface area (Å²) in [7, 11) is 0. The molecule has 0 amide bonds. The van der Waals surface area contributed by atoms with E-state index in [1.807, 2.05) is 13.0 Å². The average molecular weight is 291 g/mol. The third kappa shape index (κ3) is 2.74. The maximum atomic E-state index is 13.7. The second-order valence-electron chi connectivity index (χ2n) is 6.18. The van der Waals surface area contributed by atoms with Crippen molar-refractivity contribution in [1.82, 2.24) is 4.90 Å². The fraction of sp³-hybridized carbons (Fsp3) is 0.588. The van der Waals surface area contributed by atoms with Gasteiger partial charge in [-0.3, -0.25) is 9.69 Å². The molecule has 1 saturated carbocycles. The number of benzene rings is 1. The summed E-state index contributed by atoms with van der Waals surface area (Å²) >= 11 is 0. The lowest BCUT2D eigenvalue weighted by Gasteiger charge is -2.42. The van der Waals surface area contributed by atoms with Gasteiger partial charge in [-0.1, -0.05) is 12.8 Å². The van der Waals surface area contributed by atoms with E-state index in [1.54, 1.807) is 0 Å². The predicted molar refractivity (Wildman–Crippen MR) is 79.1 cm³/mol. The first-order chi connectivity index (χ1) is 10.1. The summed E-state index contributed by atoms with van der Waals surface area (Å²) in [5.41, 5.74) is 0.874. The molecule has 0 N–H and O–H groups in total. The Morgan fingerprint density at radius 1 is 1.19 bits per heavy atom. The van der Waals surface area contributed by atoms with Crippen LogP contribution in [-0.4, -0.2) is 42.5 Å². The van der Waals surface area contributed by atoms with Gasteiger partial charge in [-0.2, -0.15) is 0 Å². The molecule has 21 heavy (non-hydrogen) atoms. The largest absolute Gasteiger partial charge is 0.379 e. The number of ether oxygens (including phenoxy) is 1. The average Bonchev–Trinajstić information content (AvgIpc) is 2.97. The van der Waals surface area contributed by atoms with Crippen molar-refractivity contribution in [3.63, 3.8) is 0 Å². The zero-order chi connectivity index (χ0) is 14.9. The van der Waals surface area contributed by atoms with Crippen LogP contribution in [0.1, 0.15) is 41.6 Å². The number of carbonyl (C=O) groups excluding carboxylic acids is 1. The Kier molecular flexibility index (Phi) is 4.09. The molecule has 0 atom stereocenters. The highest BCUT2D eigenvalue weighted by Gasteiger charge is 2.46. The number of carbonyl (C=O) groups is 1. The highest BCUT2D eigenvalue weighted by Crippen LogP contribution is 2.38. The number of nitrogens with zero attached hydrogens (tertiary/aromatic N) is 1. The Morgan fingerprint density at radius 2 is 1.86 bits per heavy atom. The molecular weight excluding hydrogens is 269 g/mol. The molecule has 114 valence electrons. The van der Waals surface area contributed by atoms with Gasteiger partial charge >= 0.3 is 0 Å². The SMILES string of the molecule is Cc1cc(F)cc(C(=O)C2(N3CCOCC3)CCCC2)c1. The van der Waals surface area contributed by atoms with Gasteiger partial charge in [0.2, 0.25) is 0 Å². The molecule has 1 aromatic rings. The van der Waals surface area contributed by atoms with E-state index in [-0.39, 0.29) is 11.6 Å². The van der Waals surface area contributed by atoms with Crippen LogP contribution in [0.5, 0.6) is 0 Å². The lowest BCUT2D eigenvalue weighted by atomic mass is 9.85. The van der Waals surface area contributed by atoms with Crippen molar-refractivity contribution in [2.45, 2.75) is 38.1 Å². The van der Waals surface area contributed by atoms with Gasteiger partial charge in [-0.25, -0.2) is 4.39 Å². The van der Waals surface area contributed by atoms with Crippen molar-refractivity contribution in [2.75, 3.05) is 26.3 Å². The summed E-state index contributed by atoms with van der Waals surface area (Å²) in [6.45, 7) is 4.77. The smallest absolute Gasteiger partial charge is 0.183 e. The molecule has 4 heteroatoms. The third-order valence-electron chi connectivity index (χ3n) is 4.77. The van der Waals surface area contributed by atoms with Crippen molar-refractivity contribution in [1.29, 1.82) is 0 Å². The first kappa shape index (κ1) is 14.7. The quantitative estimate of drug-likeness (QED) is 0.802. The zero-order valence-electron chi connectivity index (χ0n) is 12.5. The van der Waals surface area contributed by atoms with Gasteiger partial charge in [0.15, 0.2) is 5.78 Å². The Morgan fingerprint density at radius 3 is 2.48 bits per heavy atom. The highest BCUT2D eigenvalue weighted by molar-refractivity contribution is 6.03. The Balaban J connectivity index is 1.94. The highest BCUT2D eigenvalue weighted by atomic mass is 19.1. The van der Waals surface area contributed by atoms with Gasteiger partial charge in [-0.15, -0.1) is 0 Å². The molecule has 0 radical (unpaired) electrons. The van der Waals surface area contributed by atoms with Gasteiger partial charge in [0, 0.05) is 18.7 Å². The number of morpholine rings is 1. The van der Waals surface area contributed by atoms with Crippen molar-refractivity contribution in [3.05, 3.63) is 35.1 Å². The van der Waals surface area contributed by atoms with Crippen LogP contribution in [0.3, 0.4) is 0 Å². The molecule has 2 aliphatic rings. The number of ketones is 1. The van der Waals surface area contributed by atoms with E-state index in [2.05, 4.69) is 4.90 Å². The molecule has 2 fully saturated rings. The molecule has 1 aromatic carbocycles. The van der Waals surface area contributed by atoms with E-state index >= 15 is 0 Å². The predicted octanol–water partition coefficient (Wildman–Crippen LogP) is 2.96. The van der Waals surface area contributed by atoms with Crippen LogP contribution in [0.25, 0.3) is 0 Å². The summed E-state index contributed by atoms with van der Waals surface area (Å²) < 4.78 is 19.1. The van der Waals surface area contributed by atoms with Gasteiger partial charge in [0.1, 0.15) is 5.82 Å². The second-order valence-corrected chi connectivity index (χ2v) is 6.18.